The number of ether oxygens (including phenoxy) is 2. The lowest BCUT2D eigenvalue weighted by Crippen LogP contribution is -2.66. The molecule has 3 aromatic rings. The number of hydrogen-bond acceptors (Lipinski definition) is 7. The number of β-lactam (4-membered cyclic amide) rings is 1. The van der Waals surface area contributed by atoms with E-state index >= 15 is 0 Å². The van der Waals surface area contributed by atoms with Crippen LogP contribution in [0.25, 0.3) is 0 Å². The molecule has 0 unspecified atom stereocenters. The molecule has 5 rings (SSSR count). The number of amides is 4. The predicted molar refractivity (Wildman–Crippen MR) is 151 cm³/mol. The van der Waals surface area contributed by atoms with Gasteiger partial charge in [-0.15, -0.1) is 22.7 Å². The number of unbranched alkanes of at least 4 members (excludes halogenated alkanes) is 1. The summed E-state index contributed by atoms with van der Waals surface area (Å²) in [5.74, 6) is 0.806. The number of carbonyl (C=O) groups excluding carboxylic acids is 3. The first kappa shape index (κ1) is 27.2. The number of nitrogens with zero attached hydrogens (tertiary/aromatic N) is 2. The lowest BCUT2D eigenvalue weighted by molar-refractivity contribution is -0.161. The first-order valence-corrected chi connectivity index (χ1v) is 14.9. The Balaban J connectivity index is 1.37. The summed E-state index contributed by atoms with van der Waals surface area (Å²) in [6, 6.07) is 11.7. The number of nitrogens with one attached hydrogen (secondary N) is 1. The molecule has 0 saturated carbocycles. The van der Waals surface area contributed by atoms with Crippen LogP contribution in [-0.2, 0) is 22.7 Å². The van der Waals surface area contributed by atoms with E-state index in [0.29, 0.717) is 31.0 Å². The van der Waals surface area contributed by atoms with Gasteiger partial charge in [0, 0.05) is 9.75 Å². The molecule has 39 heavy (non-hydrogen) atoms. The molecule has 206 valence electrons. The maximum absolute atomic E-state index is 13.9. The molecule has 1 saturated heterocycles. The van der Waals surface area contributed by atoms with Gasteiger partial charge >= 0.3 is 6.03 Å². The van der Waals surface area contributed by atoms with Crippen molar-refractivity contribution in [2.45, 2.75) is 65.2 Å². The molecule has 1 fully saturated rings. The standard InChI is InChI=1S/C29H33N3O5S2/c1-4-5-10-22(26(33)31(16-20-8-6-13-38-20)17-21-9-7-14-39-21)30-28(35)32-25(29(2,3)27(32)34)19-11-12-23-24(15-19)37-18-36-23/h6-9,11-15,22,25H,4-5,10,16-18H2,1-3H3,(H,30,35)/t22-,25+/m0/s1. The summed E-state index contributed by atoms with van der Waals surface area (Å²) in [6.45, 7) is 6.78. The maximum Gasteiger partial charge on any atom is 0.325 e. The van der Waals surface area contributed by atoms with Gasteiger partial charge in [-0.05, 0) is 60.9 Å². The first-order valence-electron chi connectivity index (χ1n) is 13.2. The molecular weight excluding hydrogens is 534 g/mol. The smallest absolute Gasteiger partial charge is 0.325 e. The number of hydrogen-bond donors (Lipinski definition) is 1. The Bertz CT molecular complexity index is 1290. The monoisotopic (exact) mass is 567 g/mol. The van der Waals surface area contributed by atoms with E-state index < -0.39 is 23.5 Å². The Labute approximate surface area is 236 Å². The Morgan fingerprint density at radius 2 is 1.74 bits per heavy atom. The Hall–Kier alpha value is -3.37. The molecule has 1 aromatic carbocycles. The zero-order valence-corrected chi connectivity index (χ0v) is 24.0. The van der Waals surface area contributed by atoms with Gasteiger partial charge in [-0.3, -0.25) is 14.5 Å². The van der Waals surface area contributed by atoms with Gasteiger partial charge in [-0.1, -0.05) is 38.0 Å². The van der Waals surface area contributed by atoms with Crippen molar-refractivity contribution in [3.63, 3.8) is 0 Å². The van der Waals surface area contributed by atoms with Crippen LogP contribution in [0, 0.1) is 5.41 Å². The molecule has 0 radical (unpaired) electrons. The van der Waals surface area contributed by atoms with E-state index in [1.54, 1.807) is 33.6 Å². The van der Waals surface area contributed by atoms with Gasteiger partial charge in [-0.25, -0.2) is 4.79 Å². The van der Waals surface area contributed by atoms with Crippen molar-refractivity contribution in [2.75, 3.05) is 6.79 Å². The van der Waals surface area contributed by atoms with Gasteiger partial charge in [0.1, 0.15) is 6.04 Å². The molecule has 2 aromatic heterocycles. The van der Waals surface area contributed by atoms with Gasteiger partial charge in [0.15, 0.2) is 11.5 Å². The van der Waals surface area contributed by atoms with Crippen molar-refractivity contribution >= 4 is 40.5 Å². The highest BCUT2D eigenvalue weighted by Crippen LogP contribution is 2.51. The lowest BCUT2D eigenvalue weighted by Gasteiger charge is -2.51. The van der Waals surface area contributed by atoms with E-state index in [0.717, 1.165) is 28.2 Å². The van der Waals surface area contributed by atoms with E-state index in [1.165, 1.54) is 4.90 Å². The summed E-state index contributed by atoms with van der Waals surface area (Å²) in [5.41, 5.74) is 0.00525. The van der Waals surface area contributed by atoms with Crippen LogP contribution in [0.15, 0.2) is 53.2 Å². The molecule has 0 spiro atoms. The van der Waals surface area contributed by atoms with Crippen LogP contribution in [0.5, 0.6) is 11.5 Å². The van der Waals surface area contributed by atoms with Gasteiger partial charge < -0.3 is 19.7 Å². The Morgan fingerprint density at radius 3 is 2.36 bits per heavy atom. The summed E-state index contributed by atoms with van der Waals surface area (Å²) < 4.78 is 10.9. The van der Waals surface area contributed by atoms with Crippen LogP contribution in [0.1, 0.15) is 61.4 Å². The van der Waals surface area contributed by atoms with Crippen molar-refractivity contribution < 1.29 is 23.9 Å². The van der Waals surface area contributed by atoms with Gasteiger partial charge in [0.2, 0.25) is 18.6 Å². The van der Waals surface area contributed by atoms with E-state index in [1.807, 2.05) is 61.0 Å². The molecule has 0 bridgehead atoms. The minimum absolute atomic E-state index is 0.143. The van der Waals surface area contributed by atoms with E-state index in [-0.39, 0.29) is 18.6 Å². The quantitative estimate of drug-likeness (QED) is 0.306. The highest BCUT2D eigenvalue weighted by atomic mass is 32.1. The number of urea groups is 1. The number of carbonyl (C=O) groups is 3. The summed E-state index contributed by atoms with van der Waals surface area (Å²) in [4.78, 5) is 46.0. The molecule has 2 aliphatic heterocycles. The number of imide groups is 1. The van der Waals surface area contributed by atoms with Crippen molar-refractivity contribution in [3.8, 4) is 11.5 Å². The Morgan fingerprint density at radius 1 is 1.08 bits per heavy atom. The molecule has 2 atom stereocenters. The zero-order valence-electron chi connectivity index (χ0n) is 22.3. The normalized spacial score (nSPS) is 18.0. The molecule has 8 nitrogen and oxygen atoms in total. The van der Waals surface area contributed by atoms with Crippen LogP contribution in [0.4, 0.5) is 4.79 Å². The molecule has 4 heterocycles. The summed E-state index contributed by atoms with van der Waals surface area (Å²) >= 11 is 3.20. The second-order valence-electron chi connectivity index (χ2n) is 10.4. The predicted octanol–water partition coefficient (Wildman–Crippen LogP) is 5.95. The fourth-order valence-corrected chi connectivity index (χ4v) is 6.60. The van der Waals surface area contributed by atoms with Crippen LogP contribution in [0.2, 0.25) is 0 Å². The van der Waals surface area contributed by atoms with Crippen LogP contribution in [-0.4, -0.2) is 40.5 Å². The van der Waals surface area contributed by atoms with Crippen molar-refractivity contribution in [1.29, 1.82) is 0 Å². The van der Waals surface area contributed by atoms with Crippen molar-refractivity contribution in [3.05, 3.63) is 68.5 Å². The fourth-order valence-electron chi connectivity index (χ4n) is 5.16. The van der Waals surface area contributed by atoms with E-state index in [4.69, 9.17) is 9.47 Å². The number of likely N-dealkylation sites (tertiary alicyclic amines) is 1. The average molecular weight is 568 g/mol. The second kappa shape index (κ2) is 11.4. The van der Waals surface area contributed by atoms with Crippen molar-refractivity contribution in [2.24, 2.45) is 5.41 Å². The number of thiophene rings is 2. The van der Waals surface area contributed by atoms with Gasteiger partial charge in [0.05, 0.1) is 24.5 Å². The number of benzene rings is 1. The summed E-state index contributed by atoms with van der Waals surface area (Å²) in [7, 11) is 0. The molecule has 10 heteroatoms. The third-order valence-electron chi connectivity index (χ3n) is 7.25. The maximum atomic E-state index is 13.9. The zero-order chi connectivity index (χ0) is 27.6. The third kappa shape index (κ3) is 5.53. The average Bonchev–Trinajstić information content (AvgIpc) is 3.71. The molecular formula is C29H33N3O5S2. The fraction of sp³-hybridized carbons (Fsp3) is 0.414. The van der Waals surface area contributed by atoms with Crippen LogP contribution >= 0.6 is 22.7 Å². The summed E-state index contributed by atoms with van der Waals surface area (Å²) in [5, 5.41) is 6.93. The summed E-state index contributed by atoms with van der Waals surface area (Å²) in [6.07, 6.45) is 2.14. The lowest BCUT2D eigenvalue weighted by atomic mass is 9.71. The second-order valence-corrected chi connectivity index (χ2v) is 12.5. The van der Waals surface area contributed by atoms with Crippen molar-refractivity contribution in [1.82, 2.24) is 15.1 Å². The SMILES string of the molecule is CCCC[C@H](NC(=O)N1C(=O)C(C)(C)[C@H]1c1ccc2c(c1)OCO2)C(=O)N(Cc1cccs1)Cc1cccs1. The van der Waals surface area contributed by atoms with Gasteiger partial charge in [-0.2, -0.15) is 0 Å². The van der Waals surface area contributed by atoms with E-state index in [2.05, 4.69) is 12.2 Å². The minimum Gasteiger partial charge on any atom is -0.454 e. The molecule has 2 aliphatic rings. The molecule has 4 amide bonds. The highest BCUT2D eigenvalue weighted by molar-refractivity contribution is 7.10. The number of rotatable bonds is 10. The molecule has 1 N–H and O–H groups in total. The van der Waals surface area contributed by atoms with Crippen LogP contribution < -0.4 is 14.8 Å². The third-order valence-corrected chi connectivity index (χ3v) is 8.97. The van der Waals surface area contributed by atoms with Gasteiger partial charge in [0.25, 0.3) is 0 Å². The van der Waals surface area contributed by atoms with Crippen LogP contribution in [0.3, 0.4) is 0 Å². The Kier molecular flexibility index (Phi) is 7.95. The number of fused-ring (bicyclic) bond motifs is 1. The molecule has 0 aliphatic carbocycles. The first-order chi connectivity index (χ1) is 18.8. The largest absolute Gasteiger partial charge is 0.454 e. The topological polar surface area (TPSA) is 88.2 Å². The van der Waals surface area contributed by atoms with E-state index in [9.17, 15) is 14.4 Å². The highest BCUT2D eigenvalue weighted by Gasteiger charge is 2.58. The minimum atomic E-state index is -0.779.